The van der Waals surface area contributed by atoms with Crippen LogP contribution in [-0.4, -0.2) is 52.7 Å². The van der Waals surface area contributed by atoms with Gasteiger partial charge in [-0.2, -0.15) is 0 Å². The van der Waals surface area contributed by atoms with Crippen LogP contribution >= 0.6 is 0 Å². The number of ether oxygens (including phenoxy) is 1. The summed E-state index contributed by atoms with van der Waals surface area (Å²) >= 11 is 0.317. The summed E-state index contributed by atoms with van der Waals surface area (Å²) < 4.78 is 6.51. The molecule has 0 aliphatic heterocycles. The van der Waals surface area contributed by atoms with E-state index in [-0.39, 0.29) is 11.4 Å². The van der Waals surface area contributed by atoms with Crippen molar-refractivity contribution in [3.63, 3.8) is 0 Å². The molecule has 4 aromatic rings. The molecule has 188 valence electrons. The number of nitrogens with zero attached hydrogens (tertiary/aromatic N) is 3. The van der Waals surface area contributed by atoms with Gasteiger partial charge in [-0.3, -0.25) is 4.79 Å². The van der Waals surface area contributed by atoms with Crippen LogP contribution in [0.3, 0.4) is 0 Å². The van der Waals surface area contributed by atoms with Gasteiger partial charge in [-0.25, -0.2) is 0 Å². The molecule has 0 radical (unpaired) electrons. The quantitative estimate of drug-likeness (QED) is 0.251. The third-order valence-electron chi connectivity index (χ3n) is 6.35. The molecule has 4 rings (SSSR count). The number of carboxylic acid groups (broad SMARTS) is 1. The maximum atomic E-state index is 12.8. The van der Waals surface area contributed by atoms with E-state index in [1.165, 1.54) is 10.9 Å². The number of hydrogen-bond donors (Lipinski definition) is 2. The van der Waals surface area contributed by atoms with Crippen molar-refractivity contribution in [2.24, 2.45) is 0 Å². The fourth-order valence-electron chi connectivity index (χ4n) is 3.89. The molecule has 0 spiro atoms. The van der Waals surface area contributed by atoms with Crippen molar-refractivity contribution in [3.05, 3.63) is 102 Å². The van der Waals surface area contributed by atoms with Crippen LogP contribution in [0.4, 0.5) is 10.6 Å². The average Bonchev–Trinajstić information content (AvgIpc) is 3.31. The Balaban J connectivity index is 1.55. The molecule has 0 bridgehead atoms. The number of amides is 1. The molecule has 1 heterocycles. The summed E-state index contributed by atoms with van der Waals surface area (Å²) in [5.74, 6) is -0.663. The summed E-state index contributed by atoms with van der Waals surface area (Å²) in [5, 5.41) is 26.1. The molecule has 0 unspecified atom stereocenters. The van der Waals surface area contributed by atoms with Gasteiger partial charge in [0.15, 0.2) is 0 Å². The predicted molar refractivity (Wildman–Crippen MR) is 144 cm³/mol. The average molecular weight is 698 g/mol. The fraction of sp³-hybridized carbons (Fsp3) is 0.172. The van der Waals surface area contributed by atoms with Gasteiger partial charge in [0.25, 0.3) is 0 Å². The summed E-state index contributed by atoms with van der Waals surface area (Å²) in [6, 6.07) is 26.5. The fourth-order valence-corrected chi connectivity index (χ4v) is 5.05. The molecule has 38 heavy (non-hydrogen) atoms. The van der Waals surface area contributed by atoms with E-state index in [2.05, 4.69) is 16.5 Å². The Hall–Kier alpha value is -3.98. The third kappa shape index (κ3) is 5.62. The second kappa shape index (κ2) is 10.8. The molecule has 1 aromatic heterocycles. The summed E-state index contributed by atoms with van der Waals surface area (Å²) in [7, 11) is 0. The van der Waals surface area contributed by atoms with Crippen molar-refractivity contribution < 1.29 is 19.4 Å². The number of anilines is 1. The minimum absolute atomic E-state index is 0.208. The van der Waals surface area contributed by atoms with Gasteiger partial charge in [-0.1, -0.05) is 12.1 Å². The zero-order chi connectivity index (χ0) is 27.5. The van der Waals surface area contributed by atoms with Crippen LogP contribution in [0, 0.1) is 11.3 Å². The van der Waals surface area contributed by atoms with Gasteiger partial charge in [-0.05, 0) is 19.4 Å². The molecular formula is C29H25N4O4Tl. The van der Waals surface area contributed by atoms with E-state index in [1.807, 2.05) is 85.8 Å². The number of rotatable bonds is 7. The number of carbonyl (C=O) groups is 2. The minimum Gasteiger partial charge on any atom is -0.0573 e. The van der Waals surface area contributed by atoms with Gasteiger partial charge in [0.2, 0.25) is 0 Å². The van der Waals surface area contributed by atoms with Gasteiger partial charge in [-0.15, -0.1) is 0 Å². The normalized spacial score (nSPS) is 12.7. The first kappa shape index (κ1) is 27.1. The van der Waals surface area contributed by atoms with E-state index < -0.39 is 20.6 Å². The molecule has 1 atom stereocenters. The van der Waals surface area contributed by atoms with Crippen LogP contribution < -0.4 is 5.32 Å². The zero-order valence-corrected chi connectivity index (χ0v) is 25.7. The minimum atomic E-state index is -0.982. The van der Waals surface area contributed by atoms with E-state index in [1.54, 1.807) is 13.8 Å². The van der Waals surface area contributed by atoms with E-state index in [4.69, 9.17) is 4.74 Å². The Morgan fingerprint density at radius 3 is 2.08 bits per heavy atom. The smallest absolute Gasteiger partial charge is 0.0573 e. The van der Waals surface area contributed by atoms with Crippen LogP contribution in [0.15, 0.2) is 85.1 Å². The molecule has 0 fully saturated rings. The summed E-state index contributed by atoms with van der Waals surface area (Å²) in [6.07, 6.45) is 0.726. The van der Waals surface area contributed by atoms with Crippen molar-refractivity contribution in [1.29, 1.82) is 5.26 Å². The number of aromatic nitrogens is 2. The number of aliphatic carboxylic acids is 1. The summed E-state index contributed by atoms with van der Waals surface area (Å²) in [4.78, 5) is 24.4. The SMILES string of the molecule is CC(C)(C(=O)O)c1ccc(-c2ccc(-n3ncc(C#N)c3NC(=O)O[C@](C)([Tl])c3ccccc3)cc2)cc1. The van der Waals surface area contributed by atoms with Crippen LogP contribution in [0.25, 0.3) is 16.8 Å². The standard InChI is InChI=1S/C29H25N4O4.Tl/c1-19(20-7-5-4-6-8-20)37-28(36)32-26-23(17-30)18-31-33(26)25-15-11-22(12-16-25)21-9-13-24(14-10-21)29(2,3)27(34)35;/h4-16,18H,1-3H3,(H,32,36)(H,34,35);. The molecule has 8 nitrogen and oxygen atoms in total. The van der Waals surface area contributed by atoms with Crippen molar-refractivity contribution in [2.45, 2.75) is 29.3 Å². The Kier molecular flexibility index (Phi) is 7.69. The topological polar surface area (TPSA) is 117 Å². The van der Waals surface area contributed by atoms with E-state index in [0.29, 0.717) is 37.0 Å². The molecule has 0 saturated carbocycles. The molecule has 0 aliphatic carbocycles. The van der Waals surface area contributed by atoms with E-state index in [9.17, 15) is 20.0 Å². The van der Waals surface area contributed by atoms with Crippen LogP contribution in [0.5, 0.6) is 0 Å². The first-order valence-electron chi connectivity index (χ1n) is 11.8. The van der Waals surface area contributed by atoms with Crippen LogP contribution in [0.1, 0.15) is 37.5 Å². The monoisotopic (exact) mass is 698 g/mol. The Labute approximate surface area is 236 Å². The summed E-state index contributed by atoms with van der Waals surface area (Å²) in [5.41, 5.74) is 3.34. The molecule has 0 aliphatic rings. The Morgan fingerprint density at radius 1 is 0.947 bits per heavy atom. The van der Waals surface area contributed by atoms with Crippen molar-refractivity contribution in [1.82, 2.24) is 9.78 Å². The Bertz CT molecular complexity index is 1500. The van der Waals surface area contributed by atoms with Gasteiger partial charge in [0.1, 0.15) is 0 Å². The number of benzene rings is 3. The van der Waals surface area contributed by atoms with Crippen LogP contribution in [0.2, 0.25) is 0 Å². The van der Waals surface area contributed by atoms with Gasteiger partial charge in [0, 0.05) is 0 Å². The summed E-state index contributed by atoms with van der Waals surface area (Å²) in [6.45, 7) is 5.21. The van der Waals surface area contributed by atoms with E-state index >= 15 is 0 Å². The van der Waals surface area contributed by atoms with Crippen LogP contribution in [-0.2, 0) is 18.1 Å². The number of carboxylic acids is 1. The second-order valence-corrected chi connectivity index (χ2v) is 13.8. The molecule has 0 saturated heterocycles. The Morgan fingerprint density at radius 2 is 1.53 bits per heavy atom. The molecule has 1 amide bonds. The van der Waals surface area contributed by atoms with Crippen molar-refractivity contribution in [2.75, 3.05) is 5.32 Å². The number of hydrogen-bond acceptors (Lipinski definition) is 5. The van der Waals surface area contributed by atoms with Gasteiger partial charge in [0.05, 0.1) is 5.41 Å². The number of nitrogens with one attached hydrogen (secondary N) is 1. The van der Waals surface area contributed by atoms with Crippen molar-refractivity contribution in [3.8, 4) is 22.9 Å². The molecule has 2 N–H and O–H groups in total. The third-order valence-corrected chi connectivity index (χ3v) is 8.10. The van der Waals surface area contributed by atoms with Crippen molar-refractivity contribution >= 4 is 43.6 Å². The van der Waals surface area contributed by atoms with Gasteiger partial charge < -0.3 is 5.11 Å². The maximum absolute atomic E-state index is 12.8. The van der Waals surface area contributed by atoms with E-state index in [0.717, 1.165) is 16.7 Å². The molecule has 3 aromatic carbocycles. The molecular weight excluding hydrogens is 673 g/mol. The zero-order valence-electron chi connectivity index (χ0n) is 21.2. The van der Waals surface area contributed by atoms with Gasteiger partial charge >= 0.3 is 191 Å². The number of carbonyl (C=O) groups excluding carboxylic acids is 1. The molecule has 9 heteroatoms. The number of nitriles is 1. The first-order chi connectivity index (χ1) is 18.0. The first-order valence-corrected chi connectivity index (χ1v) is 14.0. The second-order valence-electron chi connectivity index (χ2n) is 9.47. The predicted octanol–water partition coefficient (Wildman–Crippen LogP) is 5.36.